The highest BCUT2D eigenvalue weighted by molar-refractivity contribution is 6.34. The first-order chi connectivity index (χ1) is 9.90. The van der Waals surface area contributed by atoms with Crippen LogP contribution >= 0.6 is 11.6 Å². The molecule has 2 aromatic rings. The molecule has 108 valence electrons. The van der Waals surface area contributed by atoms with Gasteiger partial charge >= 0.3 is 0 Å². The maximum Gasteiger partial charge on any atom is 0.276 e. The van der Waals surface area contributed by atoms with Crippen molar-refractivity contribution >= 4 is 29.0 Å². The number of fused-ring (bicyclic) bond motifs is 1. The zero-order chi connectivity index (χ0) is 15.2. The number of anilines is 2. The molecule has 0 unspecified atom stereocenters. The van der Waals surface area contributed by atoms with E-state index >= 15 is 0 Å². The predicted molar refractivity (Wildman–Crippen MR) is 77.8 cm³/mol. The Morgan fingerprint density at radius 2 is 2.14 bits per heavy atom. The molecule has 0 bridgehead atoms. The molecule has 8 heteroatoms. The molecule has 0 saturated heterocycles. The number of hydrogen-bond donors (Lipinski definition) is 2. The maximum absolute atomic E-state index is 12.6. The summed E-state index contributed by atoms with van der Waals surface area (Å²) in [5.74, 6) is 0.101. The molecule has 3 heterocycles. The fourth-order valence-corrected chi connectivity index (χ4v) is 2.59. The van der Waals surface area contributed by atoms with Crippen molar-refractivity contribution in [3.05, 3.63) is 45.7 Å². The van der Waals surface area contributed by atoms with Crippen LogP contribution in [-0.2, 0) is 5.66 Å². The molecule has 1 aliphatic rings. The molecule has 0 aromatic carbocycles. The quantitative estimate of drug-likeness (QED) is 0.877. The van der Waals surface area contributed by atoms with Gasteiger partial charge < -0.3 is 10.6 Å². The summed E-state index contributed by atoms with van der Waals surface area (Å²) in [6.07, 6.45) is 2.92. The van der Waals surface area contributed by atoms with Crippen molar-refractivity contribution in [2.24, 2.45) is 0 Å². The van der Waals surface area contributed by atoms with E-state index in [1.807, 2.05) is 0 Å². The topological polar surface area (TPSA) is 88.9 Å². The van der Waals surface area contributed by atoms with Crippen LogP contribution in [0.2, 0.25) is 5.02 Å². The zero-order valence-electron chi connectivity index (χ0n) is 11.3. The van der Waals surface area contributed by atoms with E-state index in [1.54, 1.807) is 26.1 Å². The van der Waals surface area contributed by atoms with Crippen LogP contribution < -0.4 is 16.2 Å². The molecular formula is C13H12ClN5O2. The summed E-state index contributed by atoms with van der Waals surface area (Å²) in [6.45, 7) is 3.46. The van der Waals surface area contributed by atoms with E-state index in [4.69, 9.17) is 11.6 Å². The summed E-state index contributed by atoms with van der Waals surface area (Å²) in [6, 6.07) is 3.05. The van der Waals surface area contributed by atoms with Gasteiger partial charge in [-0.3, -0.25) is 14.2 Å². The third-order valence-electron chi connectivity index (χ3n) is 3.19. The number of rotatable bonds is 2. The molecule has 0 spiro atoms. The summed E-state index contributed by atoms with van der Waals surface area (Å²) in [5.41, 5.74) is -0.778. The fraction of sp³-hybridized carbons (Fsp3) is 0.231. The molecule has 2 aromatic heterocycles. The average Bonchev–Trinajstić information content (AvgIpc) is 2.67. The largest absolute Gasteiger partial charge is 0.336 e. The number of nitrogens with zero attached hydrogens (tertiary/aromatic N) is 3. The van der Waals surface area contributed by atoms with Gasteiger partial charge in [0.15, 0.2) is 0 Å². The normalized spacial score (nSPS) is 15.5. The lowest BCUT2D eigenvalue weighted by Crippen LogP contribution is -2.42. The minimum Gasteiger partial charge on any atom is -0.336 e. The summed E-state index contributed by atoms with van der Waals surface area (Å²) >= 11 is 6.14. The van der Waals surface area contributed by atoms with E-state index in [0.29, 0.717) is 5.82 Å². The molecule has 1 amide bonds. The van der Waals surface area contributed by atoms with Crippen LogP contribution in [0.5, 0.6) is 0 Å². The molecule has 2 N–H and O–H groups in total. The van der Waals surface area contributed by atoms with Gasteiger partial charge in [0.1, 0.15) is 29.2 Å². The molecular weight excluding hydrogens is 294 g/mol. The molecule has 7 nitrogen and oxygen atoms in total. The highest BCUT2D eigenvalue weighted by atomic mass is 35.5. The lowest BCUT2D eigenvalue weighted by molar-refractivity contribution is 0.0935. The Kier molecular flexibility index (Phi) is 2.94. The van der Waals surface area contributed by atoms with Crippen molar-refractivity contribution in [1.29, 1.82) is 0 Å². The molecule has 0 aliphatic carbocycles. The fourth-order valence-electron chi connectivity index (χ4n) is 2.31. The van der Waals surface area contributed by atoms with Crippen LogP contribution in [0.3, 0.4) is 0 Å². The van der Waals surface area contributed by atoms with Gasteiger partial charge in [-0.1, -0.05) is 11.6 Å². The van der Waals surface area contributed by atoms with Crippen molar-refractivity contribution in [3.63, 3.8) is 0 Å². The lowest BCUT2D eigenvalue weighted by atomic mass is 10.2. The Labute approximate surface area is 125 Å². The van der Waals surface area contributed by atoms with Gasteiger partial charge in [0.2, 0.25) is 0 Å². The SMILES string of the molecule is CC1(C)NC(=O)c2c(Cl)cc(Nc3ccncn3)c(=O)n21. The molecule has 0 fully saturated rings. The van der Waals surface area contributed by atoms with Crippen molar-refractivity contribution in [3.8, 4) is 0 Å². The molecule has 21 heavy (non-hydrogen) atoms. The van der Waals surface area contributed by atoms with Crippen LogP contribution in [0.1, 0.15) is 24.3 Å². The second-order valence-electron chi connectivity index (χ2n) is 5.13. The van der Waals surface area contributed by atoms with E-state index in [1.165, 1.54) is 17.0 Å². The van der Waals surface area contributed by atoms with Crippen LogP contribution in [-0.4, -0.2) is 20.4 Å². The first-order valence-electron chi connectivity index (χ1n) is 6.22. The Morgan fingerprint density at radius 3 is 2.81 bits per heavy atom. The smallest absolute Gasteiger partial charge is 0.276 e. The predicted octanol–water partition coefficient (Wildman–Crippen LogP) is 1.47. The maximum atomic E-state index is 12.6. The monoisotopic (exact) mass is 305 g/mol. The van der Waals surface area contributed by atoms with E-state index in [9.17, 15) is 9.59 Å². The molecule has 0 saturated carbocycles. The Balaban J connectivity index is 2.16. The Bertz CT molecular complexity index is 785. The van der Waals surface area contributed by atoms with Crippen LogP contribution in [0.15, 0.2) is 29.5 Å². The van der Waals surface area contributed by atoms with E-state index in [0.717, 1.165) is 0 Å². The number of carbonyl (C=O) groups is 1. The molecule has 3 rings (SSSR count). The molecule has 1 aliphatic heterocycles. The summed E-state index contributed by atoms with van der Waals surface area (Å²) < 4.78 is 1.35. The first-order valence-corrected chi connectivity index (χ1v) is 6.59. The van der Waals surface area contributed by atoms with Crippen LogP contribution in [0, 0.1) is 0 Å². The first kappa shape index (κ1) is 13.6. The van der Waals surface area contributed by atoms with Crippen molar-refractivity contribution in [2.45, 2.75) is 19.5 Å². The van der Waals surface area contributed by atoms with Gasteiger partial charge in [-0.05, 0) is 26.0 Å². The highest BCUT2D eigenvalue weighted by Gasteiger charge is 2.38. The van der Waals surface area contributed by atoms with Gasteiger partial charge in [-0.25, -0.2) is 9.97 Å². The minimum atomic E-state index is -0.837. The number of pyridine rings is 1. The van der Waals surface area contributed by atoms with Gasteiger partial charge in [0.05, 0.1) is 5.02 Å². The number of carbonyl (C=O) groups excluding carboxylic acids is 1. The zero-order valence-corrected chi connectivity index (χ0v) is 12.1. The van der Waals surface area contributed by atoms with Gasteiger partial charge in [0, 0.05) is 6.20 Å². The highest BCUT2D eigenvalue weighted by Crippen LogP contribution is 2.28. The average molecular weight is 306 g/mol. The summed E-state index contributed by atoms with van der Waals surface area (Å²) in [5, 5.41) is 5.81. The third kappa shape index (κ3) is 2.15. The van der Waals surface area contributed by atoms with E-state index in [-0.39, 0.29) is 27.9 Å². The van der Waals surface area contributed by atoms with Crippen LogP contribution in [0.4, 0.5) is 11.5 Å². The van der Waals surface area contributed by atoms with Gasteiger partial charge in [0.25, 0.3) is 11.5 Å². The Hall–Kier alpha value is -2.41. The number of aromatic nitrogens is 3. The molecule has 0 atom stereocenters. The number of amides is 1. The van der Waals surface area contributed by atoms with Crippen molar-refractivity contribution < 1.29 is 4.79 Å². The van der Waals surface area contributed by atoms with Gasteiger partial charge in [-0.2, -0.15) is 0 Å². The third-order valence-corrected chi connectivity index (χ3v) is 3.48. The number of halogens is 1. The van der Waals surface area contributed by atoms with E-state index in [2.05, 4.69) is 20.6 Å². The van der Waals surface area contributed by atoms with E-state index < -0.39 is 5.66 Å². The number of nitrogens with one attached hydrogen (secondary N) is 2. The van der Waals surface area contributed by atoms with Crippen molar-refractivity contribution in [1.82, 2.24) is 19.9 Å². The second-order valence-corrected chi connectivity index (χ2v) is 5.54. The second kappa shape index (κ2) is 4.56. The molecule has 0 radical (unpaired) electrons. The Morgan fingerprint density at radius 1 is 1.38 bits per heavy atom. The minimum absolute atomic E-state index is 0.167. The number of hydrogen-bond acceptors (Lipinski definition) is 5. The van der Waals surface area contributed by atoms with Gasteiger partial charge in [-0.15, -0.1) is 0 Å². The standard InChI is InChI=1S/C13H12ClN5O2/c1-13(2)18-11(20)10-7(14)5-8(12(21)19(10)13)17-9-3-4-15-6-16-9/h3-6H,1-2H3,(H,18,20)(H,15,16,17). The summed E-state index contributed by atoms with van der Waals surface area (Å²) in [7, 11) is 0. The lowest BCUT2D eigenvalue weighted by Gasteiger charge is -2.22. The van der Waals surface area contributed by atoms with Crippen molar-refractivity contribution in [2.75, 3.05) is 5.32 Å². The summed E-state index contributed by atoms with van der Waals surface area (Å²) in [4.78, 5) is 32.3. The van der Waals surface area contributed by atoms with Crippen LogP contribution in [0.25, 0.3) is 0 Å².